The molecule has 3 nitrogen and oxygen atoms in total. The molecule has 18 heavy (non-hydrogen) atoms. The predicted octanol–water partition coefficient (Wildman–Crippen LogP) is 3.41. The van der Waals surface area contributed by atoms with Crippen molar-refractivity contribution >= 4 is 16.5 Å². The van der Waals surface area contributed by atoms with Crippen molar-refractivity contribution in [3.8, 4) is 0 Å². The van der Waals surface area contributed by atoms with Crippen molar-refractivity contribution in [3.05, 3.63) is 11.1 Å². The lowest BCUT2D eigenvalue weighted by Gasteiger charge is -2.28. The fourth-order valence-electron chi connectivity index (χ4n) is 2.62. The SMILES string of the molecule is CCNCc1csc(N2CCCCCC2CC)n1. The molecule has 1 N–H and O–H groups in total. The number of hydrogen-bond acceptors (Lipinski definition) is 4. The quantitative estimate of drug-likeness (QED) is 0.886. The van der Waals surface area contributed by atoms with Crippen LogP contribution in [0.15, 0.2) is 5.38 Å². The predicted molar refractivity (Wildman–Crippen MR) is 79.4 cm³/mol. The Morgan fingerprint density at radius 2 is 2.28 bits per heavy atom. The minimum atomic E-state index is 0.700. The lowest BCUT2D eigenvalue weighted by atomic mass is 10.1. The normalized spacial score (nSPS) is 21.0. The number of rotatable bonds is 5. The summed E-state index contributed by atoms with van der Waals surface area (Å²) in [6.45, 7) is 7.53. The van der Waals surface area contributed by atoms with Gasteiger partial charge in [-0.15, -0.1) is 11.3 Å². The Morgan fingerprint density at radius 3 is 3.06 bits per heavy atom. The summed E-state index contributed by atoms with van der Waals surface area (Å²) in [7, 11) is 0. The second-order valence-electron chi connectivity index (χ2n) is 5.01. The molecule has 2 rings (SSSR count). The van der Waals surface area contributed by atoms with Gasteiger partial charge in [-0.3, -0.25) is 0 Å². The van der Waals surface area contributed by atoms with Crippen molar-refractivity contribution in [1.29, 1.82) is 0 Å². The van der Waals surface area contributed by atoms with Crippen molar-refractivity contribution in [1.82, 2.24) is 10.3 Å². The minimum Gasteiger partial charge on any atom is -0.345 e. The zero-order chi connectivity index (χ0) is 12.8. The Balaban J connectivity index is 2.05. The maximum absolute atomic E-state index is 4.79. The van der Waals surface area contributed by atoms with Gasteiger partial charge in [0.25, 0.3) is 0 Å². The lowest BCUT2D eigenvalue weighted by molar-refractivity contribution is 0.554. The van der Waals surface area contributed by atoms with Crippen LogP contribution < -0.4 is 10.2 Å². The Labute approximate surface area is 115 Å². The van der Waals surface area contributed by atoms with E-state index in [0.717, 1.165) is 13.1 Å². The van der Waals surface area contributed by atoms with Crippen LogP contribution in [0.3, 0.4) is 0 Å². The second-order valence-corrected chi connectivity index (χ2v) is 5.84. The number of hydrogen-bond donors (Lipinski definition) is 1. The maximum Gasteiger partial charge on any atom is 0.185 e. The molecule has 1 aliphatic heterocycles. The molecule has 1 aromatic rings. The highest BCUT2D eigenvalue weighted by molar-refractivity contribution is 7.13. The van der Waals surface area contributed by atoms with Crippen LogP contribution in [0.25, 0.3) is 0 Å². The van der Waals surface area contributed by atoms with Crippen LogP contribution in [0.1, 0.15) is 51.6 Å². The molecule has 1 fully saturated rings. The van der Waals surface area contributed by atoms with E-state index in [9.17, 15) is 0 Å². The van der Waals surface area contributed by atoms with E-state index in [2.05, 4.69) is 29.4 Å². The Kier molecular flexibility index (Phi) is 5.45. The molecule has 0 saturated carbocycles. The van der Waals surface area contributed by atoms with Crippen molar-refractivity contribution in [2.24, 2.45) is 0 Å². The van der Waals surface area contributed by atoms with Gasteiger partial charge in [0.2, 0.25) is 0 Å². The highest BCUT2D eigenvalue weighted by Crippen LogP contribution is 2.28. The molecule has 1 saturated heterocycles. The number of nitrogens with zero attached hydrogens (tertiary/aromatic N) is 2. The summed E-state index contributed by atoms with van der Waals surface area (Å²) in [4.78, 5) is 7.34. The monoisotopic (exact) mass is 267 g/mol. The molecule has 4 heteroatoms. The average Bonchev–Trinajstić information content (AvgIpc) is 2.73. The summed E-state index contributed by atoms with van der Waals surface area (Å²) in [5.74, 6) is 0. The molecular weight excluding hydrogens is 242 g/mol. The smallest absolute Gasteiger partial charge is 0.185 e. The largest absolute Gasteiger partial charge is 0.345 e. The fourth-order valence-corrected chi connectivity index (χ4v) is 3.54. The van der Waals surface area contributed by atoms with Gasteiger partial charge in [-0.1, -0.05) is 26.7 Å². The van der Waals surface area contributed by atoms with Gasteiger partial charge in [0.05, 0.1) is 5.69 Å². The van der Waals surface area contributed by atoms with Gasteiger partial charge < -0.3 is 10.2 Å². The van der Waals surface area contributed by atoms with E-state index in [-0.39, 0.29) is 0 Å². The summed E-state index contributed by atoms with van der Waals surface area (Å²) < 4.78 is 0. The molecule has 0 radical (unpaired) electrons. The minimum absolute atomic E-state index is 0.700. The number of aromatic nitrogens is 1. The number of anilines is 1. The number of thiazole rings is 1. The first-order valence-corrected chi connectivity index (χ1v) is 8.14. The number of nitrogens with one attached hydrogen (secondary N) is 1. The van der Waals surface area contributed by atoms with E-state index < -0.39 is 0 Å². The van der Waals surface area contributed by atoms with Crippen molar-refractivity contribution in [2.75, 3.05) is 18.0 Å². The van der Waals surface area contributed by atoms with E-state index >= 15 is 0 Å². The van der Waals surface area contributed by atoms with E-state index in [1.807, 2.05) is 11.3 Å². The summed E-state index contributed by atoms with van der Waals surface area (Å²) in [6.07, 6.45) is 6.65. The zero-order valence-corrected chi connectivity index (χ0v) is 12.4. The Hall–Kier alpha value is -0.610. The molecular formula is C14H25N3S. The molecule has 2 heterocycles. The standard InChI is InChI=1S/C14H25N3S/c1-3-13-8-6-5-7-9-17(13)14-16-12(11-18-14)10-15-4-2/h11,13,15H,3-10H2,1-2H3. The summed E-state index contributed by atoms with van der Waals surface area (Å²) in [5, 5.41) is 6.78. The molecule has 1 aliphatic rings. The van der Waals surface area contributed by atoms with Gasteiger partial charge in [-0.25, -0.2) is 4.98 Å². The molecule has 0 aromatic carbocycles. The highest BCUT2D eigenvalue weighted by atomic mass is 32.1. The Bertz CT molecular complexity index is 351. The molecule has 0 bridgehead atoms. The second kappa shape index (κ2) is 7.10. The summed E-state index contributed by atoms with van der Waals surface area (Å²) >= 11 is 1.81. The van der Waals surface area contributed by atoms with Crippen LogP contribution in [0, 0.1) is 0 Å². The highest BCUT2D eigenvalue weighted by Gasteiger charge is 2.21. The Morgan fingerprint density at radius 1 is 1.39 bits per heavy atom. The van der Waals surface area contributed by atoms with Gasteiger partial charge in [-0.2, -0.15) is 0 Å². The fraction of sp³-hybridized carbons (Fsp3) is 0.786. The third-order valence-corrected chi connectivity index (χ3v) is 4.62. The first kappa shape index (κ1) is 13.8. The first-order valence-electron chi connectivity index (χ1n) is 7.27. The van der Waals surface area contributed by atoms with Crippen LogP contribution in [-0.2, 0) is 6.54 Å². The van der Waals surface area contributed by atoms with Gasteiger partial charge in [0, 0.05) is 24.5 Å². The summed E-state index contributed by atoms with van der Waals surface area (Å²) in [5.41, 5.74) is 1.19. The van der Waals surface area contributed by atoms with Gasteiger partial charge in [-0.05, 0) is 25.8 Å². The van der Waals surface area contributed by atoms with Gasteiger partial charge >= 0.3 is 0 Å². The van der Waals surface area contributed by atoms with Crippen LogP contribution in [0.4, 0.5) is 5.13 Å². The molecule has 102 valence electrons. The maximum atomic E-state index is 4.79. The topological polar surface area (TPSA) is 28.2 Å². The molecule has 0 amide bonds. The van der Waals surface area contributed by atoms with E-state index in [4.69, 9.17) is 4.98 Å². The van der Waals surface area contributed by atoms with Crippen molar-refractivity contribution in [3.63, 3.8) is 0 Å². The molecule has 1 aromatic heterocycles. The van der Waals surface area contributed by atoms with Gasteiger partial charge in [0.15, 0.2) is 5.13 Å². The third-order valence-electron chi connectivity index (χ3n) is 3.69. The van der Waals surface area contributed by atoms with E-state index in [0.29, 0.717) is 6.04 Å². The first-order chi connectivity index (χ1) is 8.85. The zero-order valence-electron chi connectivity index (χ0n) is 11.6. The van der Waals surface area contributed by atoms with E-state index in [1.54, 1.807) is 0 Å². The van der Waals surface area contributed by atoms with Crippen LogP contribution in [0.2, 0.25) is 0 Å². The molecule has 1 atom stereocenters. The van der Waals surface area contributed by atoms with Crippen LogP contribution in [0.5, 0.6) is 0 Å². The molecule has 0 spiro atoms. The van der Waals surface area contributed by atoms with E-state index in [1.165, 1.54) is 49.5 Å². The molecule has 0 aliphatic carbocycles. The lowest BCUT2D eigenvalue weighted by Crippen LogP contribution is -2.34. The van der Waals surface area contributed by atoms with Crippen molar-refractivity contribution < 1.29 is 0 Å². The van der Waals surface area contributed by atoms with Crippen LogP contribution >= 0.6 is 11.3 Å². The average molecular weight is 267 g/mol. The van der Waals surface area contributed by atoms with Crippen molar-refractivity contribution in [2.45, 2.75) is 58.5 Å². The third kappa shape index (κ3) is 3.45. The van der Waals surface area contributed by atoms with Gasteiger partial charge in [0.1, 0.15) is 0 Å². The summed E-state index contributed by atoms with van der Waals surface area (Å²) in [6, 6.07) is 0.700. The van der Waals surface area contributed by atoms with Crippen LogP contribution in [-0.4, -0.2) is 24.1 Å². The molecule has 1 unspecified atom stereocenters.